The van der Waals surface area contributed by atoms with Crippen molar-refractivity contribution in [3.8, 4) is 39.1 Å². The fourth-order valence-electron chi connectivity index (χ4n) is 8.52. The SMILES string of the molecule is c1ccc(-c2ccc(N(c3ccc(-c4ccccc4)cc3)c3ccccc3-c3ccc4c(c3)c3ccccc3n4-c3cccc4c3sc3ccccc34)cc2)cc1. The molecule has 3 heteroatoms. The van der Waals surface area contributed by atoms with Crippen LogP contribution in [0.3, 0.4) is 0 Å². The van der Waals surface area contributed by atoms with E-state index in [2.05, 4.69) is 228 Å². The summed E-state index contributed by atoms with van der Waals surface area (Å²) < 4.78 is 5.09. The molecule has 9 aromatic carbocycles. The summed E-state index contributed by atoms with van der Waals surface area (Å²) in [5, 5.41) is 5.10. The first kappa shape index (κ1) is 33.2. The van der Waals surface area contributed by atoms with Crippen molar-refractivity contribution in [1.29, 1.82) is 0 Å². The van der Waals surface area contributed by atoms with Gasteiger partial charge in [0.05, 0.1) is 27.1 Å². The summed E-state index contributed by atoms with van der Waals surface area (Å²) in [5.74, 6) is 0. The van der Waals surface area contributed by atoms with Gasteiger partial charge in [0.1, 0.15) is 0 Å². The van der Waals surface area contributed by atoms with E-state index >= 15 is 0 Å². The minimum atomic E-state index is 1.10. The van der Waals surface area contributed by atoms with Crippen molar-refractivity contribution in [3.05, 3.63) is 218 Å². The molecule has 0 fully saturated rings. The van der Waals surface area contributed by atoms with Gasteiger partial charge in [0.25, 0.3) is 0 Å². The van der Waals surface area contributed by atoms with Crippen LogP contribution < -0.4 is 4.90 Å². The summed E-state index contributed by atoms with van der Waals surface area (Å²) in [4.78, 5) is 2.40. The predicted octanol–water partition coefficient (Wildman–Crippen LogP) is 15.6. The van der Waals surface area contributed by atoms with E-state index in [9.17, 15) is 0 Å². The van der Waals surface area contributed by atoms with Crippen LogP contribution in [0.25, 0.3) is 81.0 Å². The second-order valence-electron chi connectivity index (χ2n) is 14.5. The van der Waals surface area contributed by atoms with Crippen LogP contribution in [0.15, 0.2) is 218 Å². The normalized spacial score (nSPS) is 11.5. The molecule has 11 aromatic rings. The van der Waals surface area contributed by atoms with Crippen LogP contribution in [0, 0.1) is 0 Å². The Morgan fingerprint density at radius 3 is 1.58 bits per heavy atom. The molecule has 2 aromatic heterocycles. The summed E-state index contributed by atoms with van der Waals surface area (Å²) in [7, 11) is 0. The molecule has 0 aliphatic rings. The molecule has 0 radical (unpaired) electrons. The first-order valence-electron chi connectivity index (χ1n) is 19.4. The Balaban J connectivity index is 1.08. The van der Waals surface area contributed by atoms with Crippen molar-refractivity contribution in [3.63, 3.8) is 0 Å². The summed E-state index contributed by atoms with van der Waals surface area (Å²) >= 11 is 1.88. The molecule has 0 N–H and O–H groups in total. The van der Waals surface area contributed by atoms with Crippen molar-refractivity contribution in [2.24, 2.45) is 0 Å². The van der Waals surface area contributed by atoms with Crippen molar-refractivity contribution >= 4 is 70.4 Å². The molecule has 0 unspecified atom stereocenters. The lowest BCUT2D eigenvalue weighted by atomic mass is 9.99. The molecule has 0 spiro atoms. The van der Waals surface area contributed by atoms with Gasteiger partial charge in [-0.25, -0.2) is 0 Å². The number of aromatic nitrogens is 1. The van der Waals surface area contributed by atoms with E-state index in [1.807, 2.05) is 11.3 Å². The van der Waals surface area contributed by atoms with Gasteiger partial charge in [-0.1, -0.05) is 158 Å². The number of hydrogen-bond acceptors (Lipinski definition) is 2. The average molecular weight is 745 g/mol. The van der Waals surface area contributed by atoms with Crippen molar-refractivity contribution in [1.82, 2.24) is 4.57 Å². The molecular weight excluding hydrogens is 709 g/mol. The number of para-hydroxylation sites is 2. The van der Waals surface area contributed by atoms with Crippen LogP contribution in [0.4, 0.5) is 17.1 Å². The lowest BCUT2D eigenvalue weighted by Gasteiger charge is -2.28. The Morgan fingerprint density at radius 1 is 0.351 bits per heavy atom. The average Bonchev–Trinajstić information content (AvgIpc) is 3.84. The maximum Gasteiger partial charge on any atom is 0.0640 e. The third-order valence-corrected chi connectivity index (χ3v) is 12.4. The molecule has 11 rings (SSSR count). The van der Waals surface area contributed by atoms with Crippen LogP contribution in [-0.2, 0) is 0 Å². The molecule has 2 heterocycles. The highest BCUT2D eigenvalue weighted by Gasteiger charge is 2.20. The molecule has 57 heavy (non-hydrogen) atoms. The first-order chi connectivity index (χ1) is 28.3. The molecule has 2 nitrogen and oxygen atoms in total. The highest BCUT2D eigenvalue weighted by atomic mass is 32.1. The van der Waals surface area contributed by atoms with Gasteiger partial charge in [0.2, 0.25) is 0 Å². The van der Waals surface area contributed by atoms with E-state index in [0.29, 0.717) is 0 Å². The summed E-state index contributed by atoms with van der Waals surface area (Å²) in [5.41, 5.74) is 14.1. The molecule has 0 atom stereocenters. The zero-order valence-electron chi connectivity index (χ0n) is 31.1. The zero-order valence-corrected chi connectivity index (χ0v) is 31.9. The number of benzene rings is 9. The molecule has 0 aliphatic carbocycles. The van der Waals surface area contributed by atoms with E-state index in [-0.39, 0.29) is 0 Å². The van der Waals surface area contributed by atoms with E-state index in [4.69, 9.17) is 0 Å². The molecule has 0 saturated carbocycles. The van der Waals surface area contributed by atoms with E-state index in [1.165, 1.54) is 81.0 Å². The van der Waals surface area contributed by atoms with E-state index < -0.39 is 0 Å². The quantitative estimate of drug-likeness (QED) is 0.158. The number of thiophene rings is 1. The van der Waals surface area contributed by atoms with Gasteiger partial charge in [0, 0.05) is 43.2 Å². The van der Waals surface area contributed by atoms with Gasteiger partial charge in [0.15, 0.2) is 0 Å². The largest absolute Gasteiger partial charge is 0.310 e. The Hall–Kier alpha value is -7.20. The Kier molecular flexibility index (Phi) is 8.04. The van der Waals surface area contributed by atoms with Crippen molar-refractivity contribution < 1.29 is 0 Å². The molecule has 268 valence electrons. The van der Waals surface area contributed by atoms with E-state index in [0.717, 1.165) is 17.1 Å². The minimum absolute atomic E-state index is 1.10. The number of hydrogen-bond donors (Lipinski definition) is 0. The van der Waals surface area contributed by atoms with Crippen LogP contribution in [0.5, 0.6) is 0 Å². The van der Waals surface area contributed by atoms with Gasteiger partial charge >= 0.3 is 0 Å². The second-order valence-corrected chi connectivity index (χ2v) is 15.6. The second kappa shape index (κ2) is 13.8. The maximum atomic E-state index is 2.47. The van der Waals surface area contributed by atoms with E-state index in [1.54, 1.807) is 0 Å². The zero-order chi connectivity index (χ0) is 37.7. The third-order valence-electron chi connectivity index (χ3n) is 11.2. The van der Waals surface area contributed by atoms with Gasteiger partial charge in [-0.2, -0.15) is 0 Å². The molecular formula is C54H36N2S. The van der Waals surface area contributed by atoms with Gasteiger partial charge in [-0.05, 0) is 88.5 Å². The van der Waals surface area contributed by atoms with Crippen LogP contribution >= 0.6 is 11.3 Å². The Labute approximate surface area is 335 Å². The van der Waals surface area contributed by atoms with Crippen molar-refractivity contribution in [2.75, 3.05) is 4.90 Å². The smallest absolute Gasteiger partial charge is 0.0640 e. The highest BCUT2D eigenvalue weighted by Crippen LogP contribution is 2.45. The first-order valence-corrected chi connectivity index (χ1v) is 20.2. The molecule has 0 bridgehead atoms. The summed E-state index contributed by atoms with van der Waals surface area (Å²) in [6.45, 7) is 0. The number of nitrogens with zero attached hydrogens (tertiary/aromatic N) is 2. The maximum absolute atomic E-state index is 2.47. The fourth-order valence-corrected chi connectivity index (χ4v) is 9.72. The van der Waals surface area contributed by atoms with Crippen LogP contribution in [0.1, 0.15) is 0 Å². The molecule has 0 aliphatic heterocycles. The van der Waals surface area contributed by atoms with Crippen LogP contribution in [0.2, 0.25) is 0 Å². The molecule has 0 saturated heterocycles. The van der Waals surface area contributed by atoms with Crippen molar-refractivity contribution in [2.45, 2.75) is 0 Å². The summed E-state index contributed by atoms with van der Waals surface area (Å²) in [6, 6.07) is 79.3. The van der Waals surface area contributed by atoms with Crippen LogP contribution in [-0.4, -0.2) is 4.57 Å². The van der Waals surface area contributed by atoms with Gasteiger partial charge in [-0.15, -0.1) is 11.3 Å². The predicted molar refractivity (Wildman–Crippen MR) is 245 cm³/mol. The minimum Gasteiger partial charge on any atom is -0.310 e. The standard InChI is InChI=1S/C54H36N2S/c1-3-14-37(15-4-1)39-26-31-42(32-27-39)55(43-33-28-40(29-34-43)38-16-5-2-6-17-38)49-22-10-7-18-44(49)41-30-35-51-48(36-41)45-19-8-11-23-50(45)56(51)52-24-13-21-47-46-20-9-12-25-53(46)57-54(47)52/h1-36H. The lowest BCUT2D eigenvalue weighted by Crippen LogP contribution is -2.11. The number of fused-ring (bicyclic) bond motifs is 6. The number of rotatable bonds is 7. The third kappa shape index (κ3) is 5.71. The fraction of sp³-hybridized carbons (Fsp3) is 0. The topological polar surface area (TPSA) is 8.17 Å². The highest BCUT2D eigenvalue weighted by molar-refractivity contribution is 7.26. The Morgan fingerprint density at radius 2 is 0.877 bits per heavy atom. The van der Waals surface area contributed by atoms with Gasteiger partial charge < -0.3 is 9.47 Å². The monoisotopic (exact) mass is 744 g/mol. The van der Waals surface area contributed by atoms with Gasteiger partial charge in [-0.3, -0.25) is 0 Å². The number of anilines is 3. The lowest BCUT2D eigenvalue weighted by molar-refractivity contribution is 1.20. The Bertz CT molecular complexity index is 3130. The summed E-state index contributed by atoms with van der Waals surface area (Å²) in [6.07, 6.45) is 0. The molecule has 0 amide bonds.